The second kappa shape index (κ2) is 8.52. The number of carbonyl (C=O) groups excluding carboxylic acids is 3. The molecule has 1 aliphatic heterocycles. The maximum Gasteiger partial charge on any atom is 0.309 e. The number of hydrogen-bond acceptors (Lipinski definition) is 4. The first-order valence-corrected chi connectivity index (χ1v) is 9.07. The highest BCUT2D eigenvalue weighted by Crippen LogP contribution is 2.33. The smallest absolute Gasteiger partial charge is 0.309 e. The fraction of sp³-hybridized carbons (Fsp3) is 0.227. The van der Waals surface area contributed by atoms with Crippen LogP contribution in [0.4, 0.5) is 5.69 Å². The molecule has 2 atom stereocenters. The van der Waals surface area contributed by atoms with E-state index in [1.165, 1.54) is 18.7 Å². The molecule has 0 saturated heterocycles. The van der Waals surface area contributed by atoms with Gasteiger partial charge in [0, 0.05) is 18.8 Å². The zero-order valence-corrected chi connectivity index (χ0v) is 15.8. The van der Waals surface area contributed by atoms with Crippen LogP contribution in [0.1, 0.15) is 37.4 Å². The molecule has 0 aliphatic carbocycles. The second-order valence-corrected chi connectivity index (χ2v) is 6.58. The first-order valence-electron chi connectivity index (χ1n) is 9.07. The van der Waals surface area contributed by atoms with Gasteiger partial charge in [-0.15, -0.1) is 0 Å². The number of para-hydroxylation sites is 1. The number of esters is 1. The Labute approximate surface area is 163 Å². The van der Waals surface area contributed by atoms with Crippen molar-refractivity contribution in [2.24, 2.45) is 0 Å². The number of ether oxygens (including phenoxy) is 1. The molecule has 1 aliphatic rings. The highest BCUT2D eigenvalue weighted by molar-refractivity contribution is 5.95. The summed E-state index contributed by atoms with van der Waals surface area (Å²) >= 11 is 0. The summed E-state index contributed by atoms with van der Waals surface area (Å²) in [5.74, 6) is -1.12. The molecular weight excluding hydrogens is 356 g/mol. The van der Waals surface area contributed by atoms with Crippen molar-refractivity contribution in [3.63, 3.8) is 0 Å². The molecular formula is C22H22N2O4. The molecule has 0 unspecified atom stereocenters. The maximum atomic E-state index is 12.5. The average Bonchev–Trinajstić information content (AvgIpc) is 2.68. The van der Waals surface area contributed by atoms with Gasteiger partial charge >= 0.3 is 5.97 Å². The Morgan fingerprint density at radius 2 is 1.75 bits per heavy atom. The summed E-state index contributed by atoms with van der Waals surface area (Å²) in [7, 11) is 0. The van der Waals surface area contributed by atoms with Crippen LogP contribution < -0.4 is 5.32 Å². The molecule has 0 fully saturated rings. The van der Waals surface area contributed by atoms with Gasteiger partial charge in [-0.2, -0.15) is 0 Å². The van der Waals surface area contributed by atoms with Crippen molar-refractivity contribution < 1.29 is 19.1 Å². The molecule has 144 valence electrons. The Morgan fingerprint density at radius 1 is 1.07 bits per heavy atom. The quantitative estimate of drug-likeness (QED) is 0.808. The third-order valence-corrected chi connectivity index (χ3v) is 4.55. The van der Waals surface area contributed by atoms with Crippen LogP contribution in [0.5, 0.6) is 0 Å². The van der Waals surface area contributed by atoms with Gasteiger partial charge in [0.15, 0.2) is 6.10 Å². The van der Waals surface area contributed by atoms with E-state index in [1.54, 1.807) is 30.5 Å². The molecule has 2 aromatic carbocycles. The number of amides is 2. The van der Waals surface area contributed by atoms with E-state index in [-0.39, 0.29) is 12.3 Å². The number of carbonyl (C=O) groups is 3. The summed E-state index contributed by atoms with van der Waals surface area (Å²) in [5, 5.41) is 2.70. The van der Waals surface area contributed by atoms with Gasteiger partial charge < -0.3 is 15.0 Å². The molecule has 2 aromatic rings. The molecule has 2 amide bonds. The van der Waals surface area contributed by atoms with Crippen LogP contribution in [0, 0.1) is 0 Å². The Balaban J connectivity index is 1.66. The number of nitrogens with one attached hydrogen (secondary N) is 1. The summed E-state index contributed by atoms with van der Waals surface area (Å²) < 4.78 is 5.32. The van der Waals surface area contributed by atoms with Crippen molar-refractivity contribution in [2.45, 2.75) is 32.4 Å². The molecule has 6 nitrogen and oxygen atoms in total. The Kier molecular flexibility index (Phi) is 5.89. The van der Waals surface area contributed by atoms with E-state index in [4.69, 9.17) is 4.74 Å². The molecule has 0 radical (unpaired) electrons. The first-order chi connectivity index (χ1) is 13.5. The van der Waals surface area contributed by atoms with E-state index >= 15 is 0 Å². The lowest BCUT2D eigenvalue weighted by Gasteiger charge is -2.32. The van der Waals surface area contributed by atoms with Crippen molar-refractivity contribution in [3.8, 4) is 0 Å². The van der Waals surface area contributed by atoms with Crippen LogP contribution in [0.2, 0.25) is 0 Å². The van der Waals surface area contributed by atoms with E-state index < -0.39 is 24.0 Å². The van der Waals surface area contributed by atoms with Gasteiger partial charge in [0.1, 0.15) is 0 Å². The maximum absolute atomic E-state index is 12.5. The van der Waals surface area contributed by atoms with Gasteiger partial charge in [-0.25, -0.2) is 0 Å². The Hall–Kier alpha value is -3.41. The van der Waals surface area contributed by atoms with Gasteiger partial charge in [-0.05, 0) is 36.3 Å². The highest BCUT2D eigenvalue weighted by Gasteiger charge is 2.30. The summed E-state index contributed by atoms with van der Waals surface area (Å²) in [4.78, 5) is 38.2. The number of fused-ring (bicyclic) bond motifs is 1. The van der Waals surface area contributed by atoms with E-state index in [1.807, 2.05) is 36.4 Å². The van der Waals surface area contributed by atoms with E-state index in [2.05, 4.69) is 5.32 Å². The van der Waals surface area contributed by atoms with E-state index in [9.17, 15) is 14.4 Å². The predicted molar refractivity (Wildman–Crippen MR) is 106 cm³/mol. The summed E-state index contributed by atoms with van der Waals surface area (Å²) in [6, 6.07) is 16.1. The largest absolute Gasteiger partial charge is 0.452 e. The first kappa shape index (κ1) is 19.4. The van der Waals surface area contributed by atoms with Crippen LogP contribution in [0.25, 0.3) is 6.08 Å². The lowest BCUT2D eigenvalue weighted by Crippen LogP contribution is -2.34. The minimum Gasteiger partial charge on any atom is -0.452 e. The predicted octanol–water partition coefficient (Wildman–Crippen LogP) is 3.52. The van der Waals surface area contributed by atoms with Crippen LogP contribution in [0.3, 0.4) is 0 Å². The van der Waals surface area contributed by atoms with Crippen molar-refractivity contribution in [3.05, 3.63) is 71.9 Å². The van der Waals surface area contributed by atoms with E-state index in [0.717, 1.165) is 11.1 Å². The minimum absolute atomic E-state index is 0.0378. The van der Waals surface area contributed by atoms with Gasteiger partial charge in [0.2, 0.25) is 5.91 Å². The number of anilines is 1. The number of benzene rings is 2. The molecule has 0 aromatic heterocycles. The molecule has 1 heterocycles. The molecule has 28 heavy (non-hydrogen) atoms. The Bertz CT molecular complexity index is 908. The van der Waals surface area contributed by atoms with E-state index in [0.29, 0.717) is 5.69 Å². The highest BCUT2D eigenvalue weighted by atomic mass is 16.5. The Morgan fingerprint density at radius 3 is 2.46 bits per heavy atom. The van der Waals surface area contributed by atoms with Gasteiger partial charge in [-0.1, -0.05) is 42.5 Å². The van der Waals surface area contributed by atoms with Crippen LogP contribution in [-0.4, -0.2) is 28.8 Å². The van der Waals surface area contributed by atoms with Crippen molar-refractivity contribution in [2.75, 3.05) is 5.32 Å². The minimum atomic E-state index is -0.951. The summed E-state index contributed by atoms with van der Waals surface area (Å²) in [5.41, 5.74) is 2.45. The second-order valence-electron chi connectivity index (χ2n) is 6.58. The normalized spacial score (nSPS) is 16.1. The zero-order chi connectivity index (χ0) is 20.1. The molecule has 1 N–H and O–H groups in total. The lowest BCUT2D eigenvalue weighted by atomic mass is 9.94. The fourth-order valence-corrected chi connectivity index (χ4v) is 3.14. The third kappa shape index (κ3) is 4.46. The van der Waals surface area contributed by atoms with Gasteiger partial charge in [0.25, 0.3) is 5.91 Å². The molecule has 0 saturated carbocycles. The number of hydrogen-bond donors (Lipinski definition) is 1. The van der Waals surface area contributed by atoms with Crippen molar-refractivity contribution in [1.82, 2.24) is 4.90 Å². The number of nitrogens with zero attached hydrogens (tertiary/aromatic N) is 1. The average molecular weight is 378 g/mol. The van der Waals surface area contributed by atoms with Crippen LogP contribution in [0.15, 0.2) is 60.8 Å². The standard InChI is InChI=1S/C22H22N2O4/c1-15(22(27)23-18-9-4-3-5-10-18)28-21(26)14-20-19-11-7-6-8-17(19)12-13-24(20)16(2)25/h3-13,15,20H,14H2,1-2H3,(H,23,27)/t15-,20-/m1/s1. The van der Waals surface area contributed by atoms with Gasteiger partial charge in [0.05, 0.1) is 12.5 Å². The topological polar surface area (TPSA) is 75.7 Å². The summed E-state index contributed by atoms with van der Waals surface area (Å²) in [6.45, 7) is 2.97. The van der Waals surface area contributed by atoms with Crippen molar-refractivity contribution in [1.29, 1.82) is 0 Å². The monoisotopic (exact) mass is 378 g/mol. The summed E-state index contributed by atoms with van der Waals surface area (Å²) in [6.07, 6.45) is 2.53. The van der Waals surface area contributed by atoms with Crippen LogP contribution >= 0.6 is 0 Å². The van der Waals surface area contributed by atoms with Gasteiger partial charge in [-0.3, -0.25) is 14.4 Å². The molecule has 6 heteroatoms. The SMILES string of the molecule is CC(=O)N1C=Cc2ccccc2[C@H]1CC(=O)O[C@H](C)C(=O)Nc1ccccc1. The molecule has 3 rings (SSSR count). The zero-order valence-electron chi connectivity index (χ0n) is 15.8. The van der Waals surface area contributed by atoms with Crippen LogP contribution in [-0.2, 0) is 19.1 Å². The third-order valence-electron chi connectivity index (χ3n) is 4.55. The van der Waals surface area contributed by atoms with Crippen molar-refractivity contribution >= 4 is 29.5 Å². The molecule has 0 spiro atoms. The lowest BCUT2D eigenvalue weighted by molar-refractivity contribution is -0.154. The molecule has 0 bridgehead atoms. The number of rotatable bonds is 5. The fourth-order valence-electron chi connectivity index (χ4n) is 3.14.